The molecular formula is C24H21F4N5O2. The van der Waals surface area contributed by atoms with Crippen LogP contribution < -0.4 is 15.4 Å². The lowest BCUT2D eigenvalue weighted by Gasteiger charge is -2.11. The molecule has 0 aliphatic rings. The summed E-state index contributed by atoms with van der Waals surface area (Å²) in [7, 11) is 1.54. The average Bonchev–Trinajstić information content (AvgIpc) is 3.22. The van der Waals surface area contributed by atoms with Crippen molar-refractivity contribution in [1.29, 1.82) is 0 Å². The van der Waals surface area contributed by atoms with Gasteiger partial charge in [0.05, 0.1) is 24.0 Å². The second-order valence-corrected chi connectivity index (χ2v) is 7.75. The molecule has 7 nitrogen and oxygen atoms in total. The summed E-state index contributed by atoms with van der Waals surface area (Å²) in [6, 6.07) is 12.0. The number of ether oxygens (including phenoxy) is 1. The van der Waals surface area contributed by atoms with Gasteiger partial charge in [-0.15, -0.1) is 5.10 Å². The number of hydrogen-bond acceptors (Lipinski definition) is 5. The van der Waals surface area contributed by atoms with Crippen molar-refractivity contribution in [2.24, 2.45) is 0 Å². The topological polar surface area (TPSA) is 80.6 Å². The van der Waals surface area contributed by atoms with Gasteiger partial charge in [0.1, 0.15) is 11.6 Å². The van der Waals surface area contributed by atoms with Crippen molar-refractivity contribution in [3.8, 4) is 22.9 Å². The van der Waals surface area contributed by atoms with Crippen LogP contribution in [0.3, 0.4) is 0 Å². The number of nitrogens with zero attached hydrogens (tertiary/aromatic N) is 3. The molecule has 0 unspecified atom stereocenters. The summed E-state index contributed by atoms with van der Waals surface area (Å²) in [6.07, 6.45) is -3.78. The third-order valence-corrected chi connectivity index (χ3v) is 5.14. The zero-order valence-electron chi connectivity index (χ0n) is 18.8. The van der Waals surface area contributed by atoms with E-state index >= 15 is 0 Å². The van der Waals surface area contributed by atoms with Gasteiger partial charge in [-0.25, -0.2) is 13.9 Å². The molecular weight excluding hydrogens is 466 g/mol. The second-order valence-electron chi connectivity index (χ2n) is 7.75. The minimum atomic E-state index is -4.33. The van der Waals surface area contributed by atoms with Gasteiger partial charge >= 0.3 is 6.18 Å². The van der Waals surface area contributed by atoms with Crippen LogP contribution in [0.2, 0.25) is 0 Å². The van der Waals surface area contributed by atoms with Crippen molar-refractivity contribution in [3.63, 3.8) is 0 Å². The number of rotatable bonds is 7. The van der Waals surface area contributed by atoms with E-state index in [9.17, 15) is 22.4 Å². The summed E-state index contributed by atoms with van der Waals surface area (Å²) in [5.41, 5.74) is 2.96. The van der Waals surface area contributed by atoms with Gasteiger partial charge in [0, 0.05) is 36.9 Å². The Bertz CT molecular complexity index is 1380. The third-order valence-electron chi connectivity index (χ3n) is 5.14. The van der Waals surface area contributed by atoms with E-state index in [2.05, 4.69) is 20.7 Å². The maximum atomic E-state index is 13.5. The molecule has 4 aromatic rings. The predicted octanol–water partition coefficient (Wildman–Crippen LogP) is 5.36. The van der Waals surface area contributed by atoms with Crippen LogP contribution in [0.25, 0.3) is 16.9 Å². The summed E-state index contributed by atoms with van der Waals surface area (Å²) in [5, 5.41) is 9.64. The molecule has 4 rings (SSSR count). The summed E-state index contributed by atoms with van der Waals surface area (Å²) in [5.74, 6) is -0.514. The molecule has 11 heteroatoms. The number of amides is 1. The van der Waals surface area contributed by atoms with Crippen molar-refractivity contribution in [2.75, 3.05) is 18.9 Å². The van der Waals surface area contributed by atoms with E-state index in [-0.39, 0.29) is 35.4 Å². The normalized spacial score (nSPS) is 11.5. The van der Waals surface area contributed by atoms with Crippen LogP contribution in [0.1, 0.15) is 22.3 Å². The van der Waals surface area contributed by atoms with Crippen LogP contribution in [0.4, 0.5) is 23.2 Å². The number of nitrogens with one attached hydrogen (secondary N) is 2. The summed E-state index contributed by atoms with van der Waals surface area (Å²) >= 11 is 0. The van der Waals surface area contributed by atoms with Gasteiger partial charge in [-0.05, 0) is 36.8 Å². The smallest absolute Gasteiger partial charge is 0.390 e. The Morgan fingerprint density at radius 1 is 1.14 bits per heavy atom. The van der Waals surface area contributed by atoms with E-state index in [1.165, 1.54) is 34.8 Å². The van der Waals surface area contributed by atoms with Gasteiger partial charge in [0.15, 0.2) is 5.65 Å². The molecule has 35 heavy (non-hydrogen) atoms. The number of alkyl halides is 3. The Morgan fingerprint density at radius 2 is 1.94 bits per heavy atom. The summed E-state index contributed by atoms with van der Waals surface area (Å²) in [6.45, 7) is 1.40. The fourth-order valence-electron chi connectivity index (χ4n) is 3.48. The van der Waals surface area contributed by atoms with Gasteiger partial charge in [0.25, 0.3) is 5.91 Å². The first-order chi connectivity index (χ1) is 16.6. The van der Waals surface area contributed by atoms with E-state index in [0.29, 0.717) is 16.8 Å². The highest BCUT2D eigenvalue weighted by atomic mass is 19.4. The number of carbonyl (C=O) groups is 1. The van der Waals surface area contributed by atoms with Crippen molar-refractivity contribution in [3.05, 3.63) is 71.7 Å². The Morgan fingerprint density at radius 3 is 2.63 bits per heavy atom. The molecule has 0 spiro atoms. The summed E-state index contributed by atoms with van der Waals surface area (Å²) < 4.78 is 58.6. The monoisotopic (exact) mass is 487 g/mol. The highest BCUT2D eigenvalue weighted by Gasteiger charge is 2.26. The van der Waals surface area contributed by atoms with E-state index in [4.69, 9.17) is 4.74 Å². The number of carbonyl (C=O) groups excluding carboxylic acids is 1. The van der Waals surface area contributed by atoms with Crippen molar-refractivity contribution >= 4 is 17.2 Å². The van der Waals surface area contributed by atoms with E-state index < -0.39 is 18.4 Å². The fourth-order valence-corrected chi connectivity index (χ4v) is 3.48. The Kier molecular flexibility index (Phi) is 6.59. The second kappa shape index (κ2) is 9.61. The van der Waals surface area contributed by atoms with Crippen molar-refractivity contribution in [2.45, 2.75) is 19.5 Å². The van der Waals surface area contributed by atoms with Gasteiger partial charge < -0.3 is 15.4 Å². The van der Waals surface area contributed by atoms with Gasteiger partial charge in [-0.1, -0.05) is 12.1 Å². The van der Waals surface area contributed by atoms with Crippen LogP contribution in [0.5, 0.6) is 11.6 Å². The van der Waals surface area contributed by atoms with Crippen LogP contribution in [-0.2, 0) is 0 Å². The van der Waals surface area contributed by atoms with Gasteiger partial charge in [-0.2, -0.15) is 13.2 Å². The lowest BCUT2D eigenvalue weighted by molar-refractivity contribution is -0.131. The molecule has 0 bridgehead atoms. The molecule has 0 aliphatic heterocycles. The Labute approximate surface area is 197 Å². The van der Waals surface area contributed by atoms with E-state index in [1.54, 1.807) is 38.4 Å². The van der Waals surface area contributed by atoms with E-state index in [0.717, 1.165) is 5.56 Å². The molecule has 0 saturated heterocycles. The predicted molar refractivity (Wildman–Crippen MR) is 122 cm³/mol. The SMILES string of the molecule is CNC(=O)c1ccc(-c2cn3nc(Oc4cccc(F)c4)cc(NCCC(F)(F)F)c3n2)cc1C. The van der Waals surface area contributed by atoms with Crippen LogP contribution in [-0.4, -0.2) is 40.3 Å². The molecule has 182 valence electrons. The van der Waals surface area contributed by atoms with Crippen LogP contribution in [0, 0.1) is 12.7 Å². The molecule has 2 N–H and O–H groups in total. The highest BCUT2D eigenvalue weighted by molar-refractivity contribution is 5.96. The van der Waals surface area contributed by atoms with Crippen LogP contribution >= 0.6 is 0 Å². The lowest BCUT2D eigenvalue weighted by Crippen LogP contribution is -2.18. The largest absolute Gasteiger partial charge is 0.437 e. The zero-order valence-corrected chi connectivity index (χ0v) is 18.8. The molecule has 2 aromatic carbocycles. The molecule has 0 aliphatic carbocycles. The number of hydrogen-bond donors (Lipinski definition) is 2. The lowest BCUT2D eigenvalue weighted by atomic mass is 10.0. The molecule has 2 aromatic heterocycles. The first-order valence-electron chi connectivity index (χ1n) is 10.6. The fraction of sp³-hybridized carbons (Fsp3) is 0.208. The standard InChI is InChI=1S/C24H21F4N5O2/c1-14-10-15(6-7-18(14)23(34)29-2)20-13-33-22(31-20)19(30-9-8-24(26,27)28)12-21(32-33)35-17-5-3-4-16(25)11-17/h3-7,10-13,30H,8-9H2,1-2H3,(H,29,34). The average molecular weight is 487 g/mol. The first-order valence-corrected chi connectivity index (χ1v) is 10.6. The molecule has 2 heterocycles. The molecule has 1 amide bonds. The number of aryl methyl sites for hydroxylation is 1. The number of imidazole rings is 1. The highest BCUT2D eigenvalue weighted by Crippen LogP contribution is 2.29. The van der Waals surface area contributed by atoms with Crippen molar-refractivity contribution in [1.82, 2.24) is 19.9 Å². The van der Waals surface area contributed by atoms with Crippen LogP contribution in [0.15, 0.2) is 54.7 Å². The molecule has 0 fully saturated rings. The first kappa shape index (κ1) is 24.0. The number of benzene rings is 2. The quantitative estimate of drug-likeness (QED) is 0.343. The zero-order chi connectivity index (χ0) is 25.2. The van der Waals surface area contributed by atoms with E-state index in [1.807, 2.05) is 0 Å². The maximum Gasteiger partial charge on any atom is 0.390 e. The molecule has 0 atom stereocenters. The third kappa shape index (κ3) is 5.68. The number of aromatic nitrogens is 3. The maximum absolute atomic E-state index is 13.5. The summed E-state index contributed by atoms with van der Waals surface area (Å²) in [4.78, 5) is 16.5. The number of halogens is 4. The Balaban J connectivity index is 1.72. The van der Waals surface area contributed by atoms with Gasteiger partial charge in [0.2, 0.25) is 5.88 Å². The minimum Gasteiger partial charge on any atom is -0.437 e. The minimum absolute atomic E-state index is 0.0349. The van der Waals surface area contributed by atoms with Gasteiger partial charge in [-0.3, -0.25) is 4.79 Å². The number of fused-ring (bicyclic) bond motifs is 1. The van der Waals surface area contributed by atoms with Crippen molar-refractivity contribution < 1.29 is 27.1 Å². The Hall–Kier alpha value is -4.15. The number of anilines is 1. The molecule has 0 radical (unpaired) electrons. The molecule has 0 saturated carbocycles.